The smallest absolute Gasteiger partial charge is 0.307 e. The van der Waals surface area contributed by atoms with Gasteiger partial charge in [0.2, 0.25) is 10.0 Å². The second-order valence-corrected chi connectivity index (χ2v) is 9.34. The summed E-state index contributed by atoms with van der Waals surface area (Å²) in [6, 6.07) is 9.87. The number of fused-ring (bicyclic) bond motifs is 1. The summed E-state index contributed by atoms with van der Waals surface area (Å²) in [5.41, 5.74) is 2.96. The van der Waals surface area contributed by atoms with Gasteiger partial charge in [0.1, 0.15) is 0 Å². The predicted octanol–water partition coefficient (Wildman–Crippen LogP) is 2.27. The van der Waals surface area contributed by atoms with Crippen LogP contribution < -0.4 is 9.94 Å². The largest absolute Gasteiger partial charge is 0.469 e. The molecule has 30 heavy (non-hydrogen) atoms. The van der Waals surface area contributed by atoms with Gasteiger partial charge < -0.3 is 9.30 Å². The molecule has 0 aliphatic carbocycles. The molecule has 0 unspecified atom stereocenters. The second kappa shape index (κ2) is 8.50. The van der Waals surface area contributed by atoms with E-state index >= 15 is 0 Å². The maximum absolute atomic E-state index is 12.8. The number of benzene rings is 2. The molecule has 0 atom stereocenters. The number of primary sulfonamides is 1. The zero-order valence-electron chi connectivity index (χ0n) is 16.7. The number of thiazole rings is 1. The van der Waals surface area contributed by atoms with Crippen molar-refractivity contribution in [2.75, 3.05) is 7.11 Å². The number of carbonyl (C=O) groups is 2. The first kappa shape index (κ1) is 21.9. The average molecular weight is 448 g/mol. The van der Waals surface area contributed by atoms with E-state index in [4.69, 9.17) is 9.88 Å². The van der Waals surface area contributed by atoms with Crippen molar-refractivity contribution in [3.8, 4) is 0 Å². The van der Waals surface area contributed by atoms with Crippen molar-refractivity contribution in [2.24, 2.45) is 10.1 Å². The van der Waals surface area contributed by atoms with E-state index in [0.29, 0.717) is 20.6 Å². The van der Waals surface area contributed by atoms with Gasteiger partial charge in [-0.1, -0.05) is 29.0 Å². The highest BCUT2D eigenvalue weighted by atomic mass is 32.2. The number of amides is 1. The van der Waals surface area contributed by atoms with Gasteiger partial charge in [-0.2, -0.15) is 4.99 Å². The lowest BCUT2D eigenvalue weighted by molar-refractivity contribution is -0.140. The first-order valence-corrected chi connectivity index (χ1v) is 11.4. The van der Waals surface area contributed by atoms with Gasteiger partial charge >= 0.3 is 5.97 Å². The van der Waals surface area contributed by atoms with E-state index in [2.05, 4.69) is 4.99 Å². The Morgan fingerprint density at radius 2 is 1.90 bits per heavy atom. The van der Waals surface area contributed by atoms with Crippen LogP contribution in [0.5, 0.6) is 0 Å². The van der Waals surface area contributed by atoms with Gasteiger partial charge in [0.05, 0.1) is 28.6 Å². The van der Waals surface area contributed by atoms with Crippen LogP contribution in [0.4, 0.5) is 0 Å². The third-order valence-corrected chi connectivity index (χ3v) is 6.51. The summed E-state index contributed by atoms with van der Waals surface area (Å²) in [4.78, 5) is 29.0. The highest BCUT2D eigenvalue weighted by Gasteiger charge is 2.15. The van der Waals surface area contributed by atoms with Crippen LogP contribution in [0.25, 0.3) is 10.2 Å². The van der Waals surface area contributed by atoms with Gasteiger partial charge in [0.25, 0.3) is 5.91 Å². The standard InChI is InChI=1S/C20H21N3O5S2/c1-12-4-6-15(13(2)10-12)19(25)22-20-23(9-8-18(24)28-3)16-7-5-14(30(21,26)27)11-17(16)29-20/h4-7,10-11H,8-9H2,1-3H3,(H2,21,26,27). The molecule has 0 saturated carbocycles. The topological polar surface area (TPSA) is 121 Å². The third-order valence-electron chi connectivity index (χ3n) is 4.56. The fourth-order valence-corrected chi connectivity index (χ4v) is 4.75. The number of methoxy groups -OCH3 is 1. The Kier molecular flexibility index (Phi) is 6.20. The van der Waals surface area contributed by atoms with Crippen LogP contribution in [0.2, 0.25) is 0 Å². The van der Waals surface area contributed by atoms with Crippen LogP contribution in [0.1, 0.15) is 27.9 Å². The molecule has 0 aliphatic rings. The van der Waals surface area contributed by atoms with Crippen molar-refractivity contribution >= 4 is 43.5 Å². The maximum Gasteiger partial charge on any atom is 0.307 e. The Morgan fingerprint density at radius 3 is 2.53 bits per heavy atom. The van der Waals surface area contributed by atoms with E-state index in [-0.39, 0.29) is 17.9 Å². The van der Waals surface area contributed by atoms with Gasteiger partial charge in [-0.25, -0.2) is 13.6 Å². The summed E-state index contributed by atoms with van der Waals surface area (Å²) in [6.45, 7) is 4.00. The number of sulfonamides is 1. The zero-order chi connectivity index (χ0) is 22.1. The molecule has 1 aromatic heterocycles. The van der Waals surface area contributed by atoms with Crippen molar-refractivity contribution in [3.05, 3.63) is 57.9 Å². The molecule has 158 valence electrons. The molecule has 0 bridgehead atoms. The summed E-state index contributed by atoms with van der Waals surface area (Å²) < 4.78 is 30.4. The molecular formula is C20H21N3O5S2. The Labute approximate surface area is 177 Å². The van der Waals surface area contributed by atoms with Gasteiger partial charge in [-0.3, -0.25) is 9.59 Å². The van der Waals surface area contributed by atoms with Crippen LogP contribution in [0, 0.1) is 13.8 Å². The summed E-state index contributed by atoms with van der Waals surface area (Å²) in [5, 5.41) is 5.23. The number of nitrogens with two attached hydrogens (primary N) is 1. The number of hydrogen-bond donors (Lipinski definition) is 1. The van der Waals surface area contributed by atoms with Gasteiger partial charge in [0, 0.05) is 12.1 Å². The van der Waals surface area contributed by atoms with E-state index in [0.717, 1.165) is 22.5 Å². The van der Waals surface area contributed by atoms with E-state index < -0.39 is 21.9 Å². The summed E-state index contributed by atoms with van der Waals surface area (Å²) >= 11 is 1.15. The predicted molar refractivity (Wildman–Crippen MR) is 114 cm³/mol. The lowest BCUT2D eigenvalue weighted by Gasteiger charge is -2.06. The maximum atomic E-state index is 12.8. The van der Waals surface area contributed by atoms with E-state index in [1.54, 1.807) is 16.7 Å². The Balaban J connectivity index is 2.16. The zero-order valence-corrected chi connectivity index (χ0v) is 18.3. The van der Waals surface area contributed by atoms with E-state index in [1.165, 1.54) is 19.2 Å². The lowest BCUT2D eigenvalue weighted by Crippen LogP contribution is -2.19. The SMILES string of the molecule is COC(=O)CCn1c(=NC(=O)c2ccc(C)cc2C)sc2cc(S(N)(=O)=O)ccc21. The molecular weight excluding hydrogens is 426 g/mol. The fourth-order valence-electron chi connectivity index (χ4n) is 3.04. The molecule has 2 aromatic carbocycles. The minimum absolute atomic E-state index is 0.0383. The molecule has 0 fully saturated rings. The van der Waals surface area contributed by atoms with Crippen LogP contribution in [-0.4, -0.2) is 32.0 Å². The lowest BCUT2D eigenvalue weighted by atomic mass is 10.1. The summed E-state index contributed by atoms with van der Waals surface area (Å²) in [7, 11) is -2.58. The van der Waals surface area contributed by atoms with Crippen molar-refractivity contribution in [2.45, 2.75) is 31.7 Å². The molecule has 1 amide bonds. The monoisotopic (exact) mass is 447 g/mol. The first-order chi connectivity index (χ1) is 14.1. The third kappa shape index (κ3) is 4.66. The molecule has 10 heteroatoms. The highest BCUT2D eigenvalue weighted by Crippen LogP contribution is 2.22. The Morgan fingerprint density at radius 1 is 1.17 bits per heavy atom. The van der Waals surface area contributed by atoms with Crippen LogP contribution in [-0.2, 0) is 26.1 Å². The van der Waals surface area contributed by atoms with E-state index in [1.807, 2.05) is 26.0 Å². The normalized spacial score (nSPS) is 12.3. The molecule has 8 nitrogen and oxygen atoms in total. The number of aryl methyl sites for hydroxylation is 3. The molecule has 1 heterocycles. The average Bonchev–Trinajstić information content (AvgIpc) is 3.01. The van der Waals surface area contributed by atoms with Gasteiger partial charge in [-0.15, -0.1) is 0 Å². The second-order valence-electron chi connectivity index (χ2n) is 6.77. The Hall–Kier alpha value is -2.82. The van der Waals surface area contributed by atoms with Crippen LogP contribution >= 0.6 is 11.3 Å². The van der Waals surface area contributed by atoms with Gasteiger partial charge in [-0.05, 0) is 43.7 Å². The summed E-state index contributed by atoms with van der Waals surface area (Å²) in [6.07, 6.45) is 0.0736. The minimum Gasteiger partial charge on any atom is -0.469 e. The molecule has 2 N–H and O–H groups in total. The molecule has 0 spiro atoms. The number of aromatic nitrogens is 1. The molecule has 0 aliphatic heterocycles. The molecule has 0 radical (unpaired) electrons. The van der Waals surface area contributed by atoms with E-state index in [9.17, 15) is 18.0 Å². The Bertz CT molecular complexity index is 1320. The fraction of sp³-hybridized carbons (Fsp3) is 0.250. The minimum atomic E-state index is -3.88. The first-order valence-electron chi connectivity index (χ1n) is 8.99. The van der Waals surface area contributed by atoms with Crippen LogP contribution in [0.3, 0.4) is 0 Å². The van der Waals surface area contributed by atoms with Gasteiger partial charge in [0.15, 0.2) is 4.80 Å². The van der Waals surface area contributed by atoms with Crippen LogP contribution in [0.15, 0.2) is 46.3 Å². The number of carbonyl (C=O) groups excluding carboxylic acids is 2. The molecule has 0 saturated heterocycles. The summed E-state index contributed by atoms with van der Waals surface area (Å²) in [5.74, 6) is -0.827. The van der Waals surface area contributed by atoms with Crippen molar-refractivity contribution < 1.29 is 22.7 Å². The highest BCUT2D eigenvalue weighted by molar-refractivity contribution is 7.89. The molecule has 3 rings (SSSR count). The van der Waals surface area contributed by atoms with Crippen molar-refractivity contribution in [3.63, 3.8) is 0 Å². The number of esters is 1. The number of nitrogens with zero attached hydrogens (tertiary/aromatic N) is 2. The quantitative estimate of drug-likeness (QED) is 0.602. The van der Waals surface area contributed by atoms with Crippen molar-refractivity contribution in [1.82, 2.24) is 4.57 Å². The number of hydrogen-bond acceptors (Lipinski definition) is 6. The number of ether oxygens (including phenoxy) is 1. The van der Waals surface area contributed by atoms with Crippen molar-refractivity contribution in [1.29, 1.82) is 0 Å². The molecule has 3 aromatic rings. The number of rotatable bonds is 5.